The van der Waals surface area contributed by atoms with Gasteiger partial charge in [-0.2, -0.15) is 0 Å². The third-order valence-electron chi connectivity index (χ3n) is 4.07. The fraction of sp³-hybridized carbons (Fsp3) is 0.250. The Bertz CT molecular complexity index is 849. The highest BCUT2D eigenvalue weighted by molar-refractivity contribution is 6.05. The first-order chi connectivity index (χ1) is 12.4. The van der Waals surface area contributed by atoms with Crippen molar-refractivity contribution in [1.82, 2.24) is 0 Å². The third-order valence-corrected chi connectivity index (χ3v) is 4.07. The van der Waals surface area contributed by atoms with E-state index in [-0.39, 0.29) is 22.8 Å². The van der Waals surface area contributed by atoms with Gasteiger partial charge in [0.25, 0.3) is 0 Å². The molecule has 6 nitrogen and oxygen atoms in total. The van der Waals surface area contributed by atoms with Gasteiger partial charge in [0.1, 0.15) is 35.2 Å². The number of carbonyl (C=O) groups is 1. The summed E-state index contributed by atoms with van der Waals surface area (Å²) in [7, 11) is 0. The molecule has 1 aliphatic rings. The Morgan fingerprint density at radius 1 is 1.19 bits per heavy atom. The van der Waals surface area contributed by atoms with Crippen LogP contribution in [0.1, 0.15) is 35.9 Å². The maximum absolute atomic E-state index is 12.5. The second-order valence-corrected chi connectivity index (χ2v) is 6.35. The molecule has 0 bridgehead atoms. The smallest absolute Gasteiger partial charge is 0.202 e. The molecule has 2 aromatic rings. The molecule has 2 aromatic carbocycles. The Hall–Kier alpha value is -2.99. The van der Waals surface area contributed by atoms with Crippen molar-refractivity contribution in [2.24, 2.45) is 0 Å². The number of rotatable bonds is 4. The highest BCUT2D eigenvalue weighted by Gasteiger charge is 2.39. The first kappa shape index (κ1) is 17.8. The summed E-state index contributed by atoms with van der Waals surface area (Å²) in [6.07, 6.45) is -0.524. The van der Waals surface area contributed by atoms with Crippen molar-refractivity contribution in [2.75, 3.05) is 6.61 Å². The number of phenols is 2. The minimum Gasteiger partial charge on any atom is -0.508 e. The van der Waals surface area contributed by atoms with Gasteiger partial charge in [-0.05, 0) is 37.6 Å². The molecule has 0 fully saturated rings. The largest absolute Gasteiger partial charge is 0.508 e. The van der Waals surface area contributed by atoms with Crippen LogP contribution >= 0.6 is 0 Å². The molecule has 0 aliphatic carbocycles. The van der Waals surface area contributed by atoms with E-state index < -0.39 is 18.0 Å². The Morgan fingerprint density at radius 3 is 2.54 bits per heavy atom. The molecule has 0 saturated carbocycles. The molecule has 0 spiro atoms. The first-order valence-electron chi connectivity index (χ1n) is 8.18. The molecule has 136 valence electrons. The predicted octanol–water partition coefficient (Wildman–Crippen LogP) is 3.12. The summed E-state index contributed by atoms with van der Waals surface area (Å²) in [6, 6.07) is 8.87. The number of hydrogen-bond donors (Lipinski definition) is 3. The predicted molar refractivity (Wildman–Crippen MR) is 94.8 cm³/mol. The second-order valence-electron chi connectivity index (χ2n) is 6.35. The number of aliphatic hydroxyl groups is 1. The number of hydrogen-bond acceptors (Lipinski definition) is 6. The number of Topliss-reactive ketones (excluding diaryl/α,β-unsaturated/α-hetero) is 1. The fourth-order valence-corrected chi connectivity index (χ4v) is 2.71. The second kappa shape index (κ2) is 7.09. The summed E-state index contributed by atoms with van der Waals surface area (Å²) in [5.41, 5.74) is 1.56. The molecule has 2 atom stereocenters. The van der Waals surface area contributed by atoms with Crippen molar-refractivity contribution in [2.45, 2.75) is 26.1 Å². The summed E-state index contributed by atoms with van der Waals surface area (Å²) in [4.78, 5) is 12.5. The van der Waals surface area contributed by atoms with E-state index in [4.69, 9.17) is 9.47 Å². The fourth-order valence-electron chi connectivity index (χ4n) is 2.71. The van der Waals surface area contributed by atoms with Gasteiger partial charge in [-0.3, -0.25) is 4.79 Å². The van der Waals surface area contributed by atoms with Crippen LogP contribution in [0.15, 0.2) is 48.0 Å². The average molecular weight is 356 g/mol. The van der Waals surface area contributed by atoms with Gasteiger partial charge < -0.3 is 24.8 Å². The van der Waals surface area contributed by atoms with E-state index in [1.165, 1.54) is 24.3 Å². The Balaban J connectivity index is 1.93. The number of phenolic OH excluding ortho intramolecular Hbond substituents is 2. The molecule has 6 heteroatoms. The molecule has 0 radical (unpaired) electrons. The van der Waals surface area contributed by atoms with Gasteiger partial charge in [-0.1, -0.05) is 17.7 Å². The summed E-state index contributed by atoms with van der Waals surface area (Å²) < 4.78 is 11.3. The highest BCUT2D eigenvalue weighted by atomic mass is 16.5. The van der Waals surface area contributed by atoms with Gasteiger partial charge in [0.05, 0.1) is 0 Å². The zero-order valence-electron chi connectivity index (χ0n) is 14.5. The summed E-state index contributed by atoms with van der Waals surface area (Å²) in [5, 5.41) is 29.9. The van der Waals surface area contributed by atoms with Crippen molar-refractivity contribution in [3.8, 4) is 23.0 Å². The quantitative estimate of drug-likeness (QED) is 0.729. The van der Waals surface area contributed by atoms with E-state index in [9.17, 15) is 20.1 Å². The number of fused-ring (bicyclic) bond motifs is 1. The lowest BCUT2D eigenvalue weighted by molar-refractivity contribution is 0.0210. The zero-order valence-corrected chi connectivity index (χ0v) is 14.5. The number of ether oxygens (including phenoxy) is 2. The number of ketones is 1. The van der Waals surface area contributed by atoms with Gasteiger partial charge >= 0.3 is 0 Å². The summed E-state index contributed by atoms with van der Waals surface area (Å²) >= 11 is 0. The number of aliphatic hydroxyl groups excluding tert-OH is 1. The molecule has 3 rings (SSSR count). The van der Waals surface area contributed by atoms with Gasteiger partial charge in [0, 0.05) is 12.1 Å². The molecular formula is C20H20O6. The SMILES string of the molecule is CC(C)=CCOc1cc(O)c2c(c1)O[C@H](c1ccc(O)cc1)[C@@H](O)C2=O. The van der Waals surface area contributed by atoms with Crippen molar-refractivity contribution >= 4 is 5.78 Å². The molecule has 0 saturated heterocycles. The van der Waals surface area contributed by atoms with E-state index in [0.29, 0.717) is 17.9 Å². The Morgan fingerprint density at radius 2 is 1.88 bits per heavy atom. The molecule has 0 aromatic heterocycles. The van der Waals surface area contributed by atoms with E-state index >= 15 is 0 Å². The van der Waals surface area contributed by atoms with Crippen molar-refractivity contribution in [1.29, 1.82) is 0 Å². The number of aromatic hydroxyl groups is 2. The normalized spacial score (nSPS) is 18.7. The van der Waals surface area contributed by atoms with E-state index in [0.717, 1.165) is 5.57 Å². The Kier molecular flexibility index (Phi) is 4.86. The van der Waals surface area contributed by atoms with Crippen LogP contribution in [0.2, 0.25) is 0 Å². The molecule has 26 heavy (non-hydrogen) atoms. The van der Waals surface area contributed by atoms with Crippen molar-refractivity contribution in [3.63, 3.8) is 0 Å². The van der Waals surface area contributed by atoms with Crippen LogP contribution in [0.25, 0.3) is 0 Å². The van der Waals surface area contributed by atoms with E-state index in [1.807, 2.05) is 19.9 Å². The number of allylic oxidation sites excluding steroid dienone is 1. The molecule has 1 aliphatic heterocycles. The Labute approximate surface area is 150 Å². The third kappa shape index (κ3) is 3.50. The molecule has 0 unspecified atom stereocenters. The average Bonchev–Trinajstić information content (AvgIpc) is 2.58. The molecule has 3 N–H and O–H groups in total. The van der Waals surface area contributed by atoms with Crippen LogP contribution in [0.3, 0.4) is 0 Å². The topological polar surface area (TPSA) is 96.2 Å². The highest BCUT2D eigenvalue weighted by Crippen LogP contribution is 2.42. The summed E-state index contributed by atoms with van der Waals surface area (Å²) in [6.45, 7) is 4.21. The standard InChI is InChI=1S/C20H20O6/c1-11(2)7-8-25-14-9-15(22)17-16(10-14)26-20(19(24)18(17)23)12-3-5-13(21)6-4-12/h3-7,9-10,19-22,24H,8H2,1-2H3/t19-,20+/m0/s1. The lowest BCUT2D eigenvalue weighted by Gasteiger charge is -2.30. The van der Waals surface area contributed by atoms with Gasteiger partial charge in [0.15, 0.2) is 12.2 Å². The number of carbonyl (C=O) groups excluding carboxylic acids is 1. The molecule has 1 heterocycles. The van der Waals surface area contributed by atoms with Crippen LogP contribution in [0, 0.1) is 0 Å². The monoisotopic (exact) mass is 356 g/mol. The van der Waals surface area contributed by atoms with Crippen LogP contribution in [0.4, 0.5) is 0 Å². The lowest BCUT2D eigenvalue weighted by Crippen LogP contribution is -2.36. The maximum Gasteiger partial charge on any atom is 0.202 e. The van der Waals surface area contributed by atoms with Gasteiger partial charge in [-0.15, -0.1) is 0 Å². The van der Waals surface area contributed by atoms with E-state index in [1.54, 1.807) is 12.1 Å². The minimum atomic E-state index is -1.46. The number of benzene rings is 2. The van der Waals surface area contributed by atoms with Crippen molar-refractivity contribution < 1.29 is 29.6 Å². The zero-order chi connectivity index (χ0) is 18.8. The van der Waals surface area contributed by atoms with E-state index in [2.05, 4.69) is 0 Å². The van der Waals surface area contributed by atoms with Crippen LogP contribution < -0.4 is 9.47 Å². The molecular weight excluding hydrogens is 336 g/mol. The van der Waals surface area contributed by atoms with Crippen LogP contribution in [0.5, 0.6) is 23.0 Å². The van der Waals surface area contributed by atoms with Crippen LogP contribution in [-0.4, -0.2) is 33.8 Å². The van der Waals surface area contributed by atoms with Crippen LogP contribution in [-0.2, 0) is 0 Å². The van der Waals surface area contributed by atoms with Crippen molar-refractivity contribution in [3.05, 3.63) is 59.2 Å². The maximum atomic E-state index is 12.5. The van der Waals surface area contributed by atoms with Gasteiger partial charge in [-0.25, -0.2) is 0 Å². The summed E-state index contributed by atoms with van der Waals surface area (Å²) in [5.74, 6) is -0.364. The molecule has 0 amide bonds. The first-order valence-corrected chi connectivity index (χ1v) is 8.18. The minimum absolute atomic E-state index is 0.0675. The lowest BCUT2D eigenvalue weighted by atomic mass is 9.93. The van der Waals surface area contributed by atoms with Gasteiger partial charge in [0.2, 0.25) is 5.78 Å².